The Hall–Kier alpha value is -2.12. The van der Waals surface area contributed by atoms with Gasteiger partial charge in [-0.1, -0.05) is 6.07 Å². The second kappa shape index (κ2) is 7.98. The Labute approximate surface area is 185 Å². The fraction of sp³-hybridized carbons (Fsp3) is 0.550. The molecule has 0 N–H and O–H groups in total. The van der Waals surface area contributed by atoms with Crippen LogP contribution in [0.1, 0.15) is 48.9 Å². The number of hydrogen-bond acceptors (Lipinski definition) is 5. The summed E-state index contributed by atoms with van der Waals surface area (Å²) in [6.45, 7) is 1.57. The Kier molecular flexibility index (Phi) is 5.81. The van der Waals surface area contributed by atoms with Crippen LogP contribution in [0.3, 0.4) is 0 Å². The number of benzene rings is 1. The van der Waals surface area contributed by atoms with Crippen LogP contribution in [0.4, 0.5) is 26.3 Å². The van der Waals surface area contributed by atoms with Crippen molar-refractivity contribution >= 4 is 9.84 Å². The molecule has 2 aliphatic rings. The lowest BCUT2D eigenvalue weighted by molar-refractivity contribution is -0.142. The zero-order chi connectivity index (χ0) is 24.2. The molecule has 0 saturated carbocycles. The van der Waals surface area contributed by atoms with Crippen molar-refractivity contribution in [2.45, 2.75) is 53.9 Å². The van der Waals surface area contributed by atoms with Crippen LogP contribution in [0.2, 0.25) is 0 Å². The third kappa shape index (κ3) is 4.37. The van der Waals surface area contributed by atoms with Crippen molar-refractivity contribution in [2.75, 3.05) is 19.8 Å². The number of rotatable bonds is 4. The van der Waals surface area contributed by atoms with Crippen LogP contribution < -0.4 is 0 Å². The van der Waals surface area contributed by atoms with Crippen molar-refractivity contribution in [3.63, 3.8) is 0 Å². The van der Waals surface area contributed by atoms with Gasteiger partial charge in [0.05, 0.1) is 40.2 Å². The van der Waals surface area contributed by atoms with E-state index in [1.807, 2.05) is 0 Å². The van der Waals surface area contributed by atoms with Gasteiger partial charge in [-0.15, -0.1) is 0 Å². The SMILES string of the molecule is C[C@@]1(S(=O)(=O)c2cccc(C(F)(F)F)c2)CCO[C@@H](c2cc(C(F)(F)F)nn2C2COC2)C1. The van der Waals surface area contributed by atoms with Gasteiger partial charge in [0.15, 0.2) is 15.5 Å². The number of sulfone groups is 1. The lowest BCUT2D eigenvalue weighted by Gasteiger charge is -2.38. The minimum Gasteiger partial charge on any atom is -0.377 e. The quantitative estimate of drug-likeness (QED) is 0.578. The van der Waals surface area contributed by atoms with Gasteiger partial charge in [0, 0.05) is 6.61 Å². The van der Waals surface area contributed by atoms with Gasteiger partial charge in [0.25, 0.3) is 0 Å². The summed E-state index contributed by atoms with van der Waals surface area (Å²) in [5, 5.41) is 3.64. The molecule has 3 heterocycles. The number of aromatic nitrogens is 2. The van der Waals surface area contributed by atoms with E-state index in [2.05, 4.69) is 5.10 Å². The van der Waals surface area contributed by atoms with Gasteiger partial charge >= 0.3 is 12.4 Å². The standard InChI is InChI=1S/C20H20F6N2O4S/c1-18(33(29,30)14-4-2-3-12(7-14)19(21,22)23)5-6-32-16(9-18)15-8-17(20(24,25)26)27-28(15)13-10-31-11-13/h2-4,7-8,13,16H,5-6,9-11H2,1H3/t16-,18-/m1/s1. The maximum Gasteiger partial charge on any atom is 0.435 e. The van der Waals surface area contributed by atoms with Crippen LogP contribution in [0, 0.1) is 0 Å². The van der Waals surface area contributed by atoms with Crippen molar-refractivity contribution in [1.29, 1.82) is 0 Å². The van der Waals surface area contributed by atoms with Crippen LogP contribution >= 0.6 is 0 Å². The Bertz CT molecular complexity index is 1140. The van der Waals surface area contributed by atoms with E-state index < -0.39 is 55.2 Å². The highest BCUT2D eigenvalue weighted by Crippen LogP contribution is 2.44. The van der Waals surface area contributed by atoms with Gasteiger partial charge in [-0.2, -0.15) is 31.4 Å². The van der Waals surface area contributed by atoms with Crippen LogP contribution in [0.5, 0.6) is 0 Å². The number of halogens is 6. The molecule has 6 nitrogen and oxygen atoms in total. The van der Waals surface area contributed by atoms with Gasteiger partial charge < -0.3 is 9.47 Å². The summed E-state index contributed by atoms with van der Waals surface area (Å²) in [5.41, 5.74) is -2.18. The second-order valence-corrected chi connectivity index (χ2v) is 10.8. The molecular formula is C20H20F6N2O4S. The number of alkyl halides is 6. The predicted octanol–water partition coefficient (Wildman–Crippen LogP) is 4.58. The van der Waals surface area contributed by atoms with Crippen LogP contribution in [-0.4, -0.2) is 42.8 Å². The van der Waals surface area contributed by atoms with E-state index in [4.69, 9.17) is 9.47 Å². The third-order valence-electron chi connectivity index (χ3n) is 6.04. The third-order valence-corrected chi connectivity index (χ3v) is 8.58. The van der Waals surface area contributed by atoms with E-state index in [-0.39, 0.29) is 38.4 Å². The van der Waals surface area contributed by atoms with Gasteiger partial charge in [0.1, 0.15) is 6.10 Å². The fourth-order valence-corrected chi connectivity index (χ4v) is 5.80. The summed E-state index contributed by atoms with van der Waals surface area (Å²) in [6.07, 6.45) is -10.8. The molecule has 33 heavy (non-hydrogen) atoms. The summed E-state index contributed by atoms with van der Waals surface area (Å²) in [4.78, 5) is -0.502. The lowest BCUT2D eigenvalue weighted by Crippen LogP contribution is -2.43. The molecule has 0 amide bonds. The van der Waals surface area contributed by atoms with E-state index in [1.54, 1.807) is 0 Å². The Morgan fingerprint density at radius 2 is 1.79 bits per heavy atom. The van der Waals surface area contributed by atoms with Crippen molar-refractivity contribution in [3.8, 4) is 0 Å². The zero-order valence-electron chi connectivity index (χ0n) is 17.3. The summed E-state index contributed by atoms with van der Waals surface area (Å²) < 4.78 is 116. The van der Waals surface area contributed by atoms with Gasteiger partial charge in [-0.3, -0.25) is 4.68 Å². The molecule has 1 aromatic carbocycles. The number of ether oxygens (including phenoxy) is 2. The van der Waals surface area contributed by atoms with Crippen molar-refractivity contribution in [3.05, 3.63) is 47.3 Å². The summed E-state index contributed by atoms with van der Waals surface area (Å²) in [6, 6.07) is 3.81. The van der Waals surface area contributed by atoms with E-state index in [9.17, 15) is 34.8 Å². The average Bonchev–Trinajstić information content (AvgIpc) is 3.11. The molecule has 2 aliphatic heterocycles. The Morgan fingerprint density at radius 1 is 1.09 bits per heavy atom. The van der Waals surface area contributed by atoms with Gasteiger partial charge in [-0.05, 0) is 44.0 Å². The molecule has 182 valence electrons. The molecule has 1 aromatic heterocycles. The second-order valence-electron chi connectivity index (χ2n) is 8.38. The summed E-state index contributed by atoms with van der Waals surface area (Å²) in [5.74, 6) is 0. The number of nitrogens with zero attached hydrogens (tertiary/aromatic N) is 2. The van der Waals surface area contributed by atoms with Crippen molar-refractivity contribution in [1.82, 2.24) is 9.78 Å². The summed E-state index contributed by atoms with van der Waals surface area (Å²) in [7, 11) is -4.29. The van der Waals surface area contributed by atoms with Crippen molar-refractivity contribution in [2.24, 2.45) is 0 Å². The molecule has 2 fully saturated rings. The molecule has 0 aliphatic carbocycles. The first-order valence-corrected chi connectivity index (χ1v) is 11.5. The predicted molar refractivity (Wildman–Crippen MR) is 102 cm³/mol. The molecule has 2 aromatic rings. The molecule has 13 heteroatoms. The molecular weight excluding hydrogens is 478 g/mol. The molecule has 0 spiro atoms. The monoisotopic (exact) mass is 498 g/mol. The van der Waals surface area contributed by atoms with E-state index >= 15 is 0 Å². The fourth-order valence-electron chi connectivity index (χ4n) is 3.97. The van der Waals surface area contributed by atoms with E-state index in [1.165, 1.54) is 6.92 Å². The lowest BCUT2D eigenvalue weighted by atomic mass is 9.94. The first-order chi connectivity index (χ1) is 15.2. The topological polar surface area (TPSA) is 70.4 Å². The zero-order valence-corrected chi connectivity index (χ0v) is 18.1. The maximum absolute atomic E-state index is 13.4. The smallest absolute Gasteiger partial charge is 0.377 e. The van der Waals surface area contributed by atoms with Crippen LogP contribution in [-0.2, 0) is 31.7 Å². The maximum atomic E-state index is 13.4. The van der Waals surface area contributed by atoms with Gasteiger partial charge in [0.2, 0.25) is 0 Å². The van der Waals surface area contributed by atoms with E-state index in [0.29, 0.717) is 6.07 Å². The molecule has 0 unspecified atom stereocenters. The molecule has 2 saturated heterocycles. The molecule has 0 bridgehead atoms. The van der Waals surface area contributed by atoms with Crippen LogP contribution in [0.15, 0.2) is 35.2 Å². The van der Waals surface area contributed by atoms with Crippen LogP contribution in [0.25, 0.3) is 0 Å². The largest absolute Gasteiger partial charge is 0.435 e. The highest BCUT2D eigenvalue weighted by atomic mass is 32.2. The van der Waals surface area contributed by atoms with E-state index in [0.717, 1.165) is 28.9 Å². The summed E-state index contributed by atoms with van der Waals surface area (Å²) >= 11 is 0. The first-order valence-electron chi connectivity index (χ1n) is 10.0. The highest BCUT2D eigenvalue weighted by Gasteiger charge is 2.47. The highest BCUT2D eigenvalue weighted by molar-refractivity contribution is 7.92. The first kappa shape index (κ1) is 24.0. The van der Waals surface area contributed by atoms with Crippen molar-refractivity contribution < 1.29 is 44.2 Å². The molecule has 4 rings (SSSR count). The Morgan fingerprint density at radius 3 is 2.36 bits per heavy atom. The molecule has 2 atom stereocenters. The number of hydrogen-bond donors (Lipinski definition) is 0. The Balaban J connectivity index is 1.69. The minimum absolute atomic E-state index is 0.0329. The average molecular weight is 498 g/mol. The molecule has 0 radical (unpaired) electrons. The normalized spacial score (nSPS) is 25.1. The minimum atomic E-state index is -4.73. The van der Waals surface area contributed by atoms with Gasteiger partial charge in [-0.25, -0.2) is 8.42 Å².